The molecule has 1 saturated heterocycles. The number of amides is 4. The summed E-state index contributed by atoms with van der Waals surface area (Å²) in [4.78, 5) is 66.9. The lowest BCUT2D eigenvalue weighted by Crippen LogP contribution is -2.70. The van der Waals surface area contributed by atoms with Crippen molar-refractivity contribution >= 4 is 41.6 Å². The Morgan fingerprint density at radius 1 is 0.955 bits per heavy atom. The highest BCUT2D eigenvalue weighted by molar-refractivity contribution is 6.30. The van der Waals surface area contributed by atoms with Gasteiger partial charge in [0.2, 0.25) is 5.91 Å². The highest BCUT2D eigenvalue weighted by atomic mass is 35.5. The number of ether oxygens (including phenoxy) is 2. The van der Waals surface area contributed by atoms with Gasteiger partial charge in [0.25, 0.3) is 5.91 Å². The molecule has 3 atom stereocenters. The second kappa shape index (κ2) is 14.0. The molecule has 2 unspecified atom stereocenters. The zero-order valence-electron chi connectivity index (χ0n) is 27.4. The van der Waals surface area contributed by atoms with Crippen LogP contribution in [0.25, 0.3) is 0 Å². The maximum absolute atomic E-state index is 14.2. The predicted octanol–water partition coefficient (Wildman–Crippen LogP) is 4.56. The zero-order chi connectivity index (χ0) is 33.8. The molecule has 1 aliphatic heterocycles. The fourth-order valence-corrected chi connectivity index (χ4v) is 5.06. The number of carbonyl (C=O) groups is 5. The van der Waals surface area contributed by atoms with E-state index in [1.165, 1.54) is 11.8 Å². The molecule has 4 amide bonds. The molecule has 1 aliphatic rings. The molecule has 12 nitrogen and oxygen atoms in total. The van der Waals surface area contributed by atoms with Crippen molar-refractivity contribution in [1.82, 2.24) is 20.4 Å². The summed E-state index contributed by atoms with van der Waals surface area (Å²) in [6.45, 7) is 17.0. The van der Waals surface area contributed by atoms with Crippen LogP contribution in [0.3, 0.4) is 0 Å². The Balaban J connectivity index is 2.44. The van der Waals surface area contributed by atoms with Crippen LogP contribution in [-0.2, 0) is 36.9 Å². The normalized spacial score (nSPS) is 18.2. The van der Waals surface area contributed by atoms with Crippen molar-refractivity contribution in [3.8, 4) is 0 Å². The van der Waals surface area contributed by atoms with E-state index in [2.05, 4.69) is 10.6 Å². The van der Waals surface area contributed by atoms with Crippen molar-refractivity contribution in [2.45, 2.75) is 106 Å². The van der Waals surface area contributed by atoms with E-state index in [-0.39, 0.29) is 26.2 Å². The average Bonchev–Trinajstić information content (AvgIpc) is 2.86. The van der Waals surface area contributed by atoms with Gasteiger partial charge >= 0.3 is 18.2 Å². The summed E-state index contributed by atoms with van der Waals surface area (Å²) in [5, 5.41) is 15.8. The molecule has 3 N–H and O–H groups in total. The van der Waals surface area contributed by atoms with E-state index in [4.69, 9.17) is 21.1 Å². The summed E-state index contributed by atoms with van der Waals surface area (Å²) >= 11 is 6.25. The standard InChI is InChI=1S/C31H47ClN4O8/c1-18(37)43-24(30(5,6)7)26(39)36-22(16-35(28(41)42)17-23(36)29(2,3)4)25(38)33-15-20-13-21(32)12-11-19(20)14-34-27(40)44-31(8,9)10/h11-13,22-24H,14-17H2,1-10H3,(H,33,38)(H,34,40)(H,41,42)/t22?,23?,24-/m0/s1. The predicted molar refractivity (Wildman–Crippen MR) is 165 cm³/mol. The first-order chi connectivity index (χ1) is 20.0. The Labute approximate surface area is 264 Å². The van der Waals surface area contributed by atoms with E-state index < -0.39 is 64.6 Å². The van der Waals surface area contributed by atoms with Gasteiger partial charge < -0.3 is 35.0 Å². The number of carboxylic acid groups (broad SMARTS) is 1. The van der Waals surface area contributed by atoms with Crippen molar-refractivity contribution in [2.24, 2.45) is 10.8 Å². The van der Waals surface area contributed by atoms with Crippen LogP contribution in [0.2, 0.25) is 5.02 Å². The minimum atomic E-state index is -1.22. The van der Waals surface area contributed by atoms with Gasteiger partial charge in [0, 0.05) is 37.0 Å². The first-order valence-corrected chi connectivity index (χ1v) is 14.9. The molecule has 1 fully saturated rings. The van der Waals surface area contributed by atoms with Crippen LogP contribution in [0, 0.1) is 10.8 Å². The van der Waals surface area contributed by atoms with Crippen molar-refractivity contribution < 1.29 is 38.6 Å². The van der Waals surface area contributed by atoms with Gasteiger partial charge in [0.05, 0.1) is 12.6 Å². The third-order valence-electron chi connectivity index (χ3n) is 7.02. The fourth-order valence-electron chi connectivity index (χ4n) is 4.86. The van der Waals surface area contributed by atoms with Gasteiger partial charge in [-0.1, -0.05) is 59.2 Å². The molecule has 0 bridgehead atoms. The van der Waals surface area contributed by atoms with Gasteiger partial charge in [-0.25, -0.2) is 9.59 Å². The summed E-state index contributed by atoms with van der Waals surface area (Å²) in [5.74, 6) is -1.83. The van der Waals surface area contributed by atoms with E-state index in [1.807, 2.05) is 20.8 Å². The van der Waals surface area contributed by atoms with E-state index in [0.29, 0.717) is 16.1 Å². The van der Waals surface area contributed by atoms with E-state index in [0.717, 1.165) is 4.90 Å². The van der Waals surface area contributed by atoms with Crippen molar-refractivity contribution in [3.05, 3.63) is 34.3 Å². The molecule has 1 heterocycles. The Morgan fingerprint density at radius 3 is 2.05 bits per heavy atom. The number of piperazine rings is 1. The Kier molecular flexibility index (Phi) is 11.7. The van der Waals surface area contributed by atoms with Gasteiger partial charge in [-0.2, -0.15) is 0 Å². The number of rotatable bonds is 7. The number of benzene rings is 1. The lowest BCUT2D eigenvalue weighted by molar-refractivity contribution is -0.174. The zero-order valence-corrected chi connectivity index (χ0v) is 28.1. The van der Waals surface area contributed by atoms with Gasteiger partial charge in [-0.15, -0.1) is 0 Å². The highest BCUT2D eigenvalue weighted by Crippen LogP contribution is 2.34. The summed E-state index contributed by atoms with van der Waals surface area (Å²) < 4.78 is 10.8. The molecule has 2 rings (SSSR count). The second-order valence-electron chi connectivity index (χ2n) is 14.2. The van der Waals surface area contributed by atoms with Crippen LogP contribution in [0.15, 0.2) is 18.2 Å². The third-order valence-corrected chi connectivity index (χ3v) is 7.26. The minimum Gasteiger partial charge on any atom is -0.465 e. The minimum absolute atomic E-state index is 0.0246. The number of hydrogen-bond acceptors (Lipinski definition) is 7. The molecule has 0 radical (unpaired) electrons. The highest BCUT2D eigenvalue weighted by Gasteiger charge is 2.50. The van der Waals surface area contributed by atoms with E-state index in [9.17, 15) is 29.1 Å². The van der Waals surface area contributed by atoms with E-state index in [1.54, 1.807) is 59.7 Å². The maximum atomic E-state index is 14.2. The Hall–Kier alpha value is -3.54. The first-order valence-electron chi connectivity index (χ1n) is 14.5. The topological polar surface area (TPSA) is 155 Å². The monoisotopic (exact) mass is 638 g/mol. The fraction of sp³-hybridized carbons (Fsp3) is 0.645. The molecule has 1 aromatic carbocycles. The first kappa shape index (κ1) is 36.7. The molecule has 1 aromatic rings. The van der Waals surface area contributed by atoms with Gasteiger partial charge in [0.15, 0.2) is 6.10 Å². The van der Waals surface area contributed by atoms with Crippen molar-refractivity contribution in [2.75, 3.05) is 13.1 Å². The van der Waals surface area contributed by atoms with Crippen LogP contribution in [0.4, 0.5) is 9.59 Å². The molecule has 0 aromatic heterocycles. The van der Waals surface area contributed by atoms with Gasteiger partial charge in [-0.3, -0.25) is 14.4 Å². The molecule has 13 heteroatoms. The number of halogens is 1. The Morgan fingerprint density at radius 2 is 1.55 bits per heavy atom. The number of nitrogens with zero attached hydrogens (tertiary/aromatic N) is 2. The summed E-state index contributed by atoms with van der Waals surface area (Å²) in [7, 11) is 0. The van der Waals surface area contributed by atoms with Crippen LogP contribution in [0.5, 0.6) is 0 Å². The number of carbonyl (C=O) groups excluding carboxylic acids is 4. The summed E-state index contributed by atoms with van der Waals surface area (Å²) in [6, 6.07) is 3.08. The van der Waals surface area contributed by atoms with Crippen molar-refractivity contribution in [1.29, 1.82) is 0 Å². The molecule has 246 valence electrons. The number of alkyl carbamates (subject to hydrolysis) is 1. The maximum Gasteiger partial charge on any atom is 0.407 e. The summed E-state index contributed by atoms with van der Waals surface area (Å²) in [6.07, 6.45) is -3.04. The number of esters is 1. The van der Waals surface area contributed by atoms with Crippen LogP contribution < -0.4 is 10.6 Å². The quantitative estimate of drug-likeness (QED) is 0.367. The molecule has 0 aliphatic carbocycles. The van der Waals surface area contributed by atoms with Crippen LogP contribution in [0.1, 0.15) is 80.4 Å². The lowest BCUT2D eigenvalue weighted by atomic mass is 9.80. The molecule has 44 heavy (non-hydrogen) atoms. The van der Waals surface area contributed by atoms with Crippen LogP contribution >= 0.6 is 11.6 Å². The van der Waals surface area contributed by atoms with Gasteiger partial charge in [-0.05, 0) is 49.4 Å². The molecule has 0 spiro atoms. The van der Waals surface area contributed by atoms with E-state index >= 15 is 0 Å². The number of nitrogens with one attached hydrogen (secondary N) is 2. The molecular formula is C31H47ClN4O8. The number of hydrogen-bond donors (Lipinski definition) is 3. The lowest BCUT2D eigenvalue weighted by Gasteiger charge is -2.51. The summed E-state index contributed by atoms with van der Waals surface area (Å²) in [5.41, 5.74) is -0.869. The Bertz CT molecular complexity index is 1250. The largest absolute Gasteiger partial charge is 0.465 e. The van der Waals surface area contributed by atoms with Crippen LogP contribution in [-0.4, -0.2) is 81.8 Å². The molecular weight excluding hydrogens is 592 g/mol. The SMILES string of the molecule is CC(=O)O[C@@H](C(=O)N1C(C(=O)NCc2cc(Cl)ccc2CNC(=O)OC(C)(C)C)CN(C(=O)O)CC1C(C)(C)C)C(C)(C)C. The molecule has 0 saturated carbocycles. The van der Waals surface area contributed by atoms with Gasteiger partial charge in [0.1, 0.15) is 11.6 Å². The van der Waals surface area contributed by atoms with Crippen molar-refractivity contribution in [3.63, 3.8) is 0 Å². The average molecular weight is 639 g/mol. The smallest absolute Gasteiger partial charge is 0.407 e. The second-order valence-corrected chi connectivity index (χ2v) is 14.6. The third kappa shape index (κ3) is 10.3.